The number of carboxylic acid groups (broad SMARTS) is 1. The monoisotopic (exact) mass is 931 g/mol. The highest BCUT2D eigenvalue weighted by Crippen LogP contribution is 2.45. The fourth-order valence-corrected chi connectivity index (χ4v) is 9.29. The molecule has 68 heavy (non-hydrogen) atoms. The standard InChI is InChI=1S/C28H28N2O4.C24H33N3O6.CH4/c1-19-7-6-8-20(17-19)30-15-13-28(14-16-30,26(31)32)29-27(33)34-18-25-23-11-4-2-9-21(23)22-10-3-5-12-24(22)25;1-16-9-8-10-17(15-16)25-13-11-24(12-14-25)18(28)26(20(30)32-22(2,3)4)19(29)27(24)21(31)33-23(5,6)7;/h2-12,17,25H,13-16,18H2,1H3,(H,29,33)(H,31,32);8-10,15H,11-14H2,1-7H3;1H4. The summed E-state index contributed by atoms with van der Waals surface area (Å²) in [7, 11) is 0. The Bertz CT molecular complexity index is 2500. The number of nitrogens with one attached hydrogen (secondary N) is 1. The third-order valence-corrected chi connectivity index (χ3v) is 12.6. The van der Waals surface area contributed by atoms with Crippen LogP contribution in [0, 0.1) is 13.8 Å². The van der Waals surface area contributed by atoms with E-state index in [2.05, 4.69) is 45.4 Å². The molecule has 3 saturated heterocycles. The van der Waals surface area contributed by atoms with E-state index < -0.39 is 58.5 Å². The number of alkyl carbamates (subject to hydrolysis) is 1. The van der Waals surface area contributed by atoms with Crippen molar-refractivity contribution in [2.75, 3.05) is 42.6 Å². The number of rotatable bonds is 6. The molecule has 0 radical (unpaired) electrons. The summed E-state index contributed by atoms with van der Waals surface area (Å²) >= 11 is 0. The number of hydrogen-bond donors (Lipinski definition) is 2. The summed E-state index contributed by atoms with van der Waals surface area (Å²) in [5.74, 6) is -1.84. The van der Waals surface area contributed by atoms with Crippen molar-refractivity contribution in [1.82, 2.24) is 15.1 Å². The van der Waals surface area contributed by atoms with Gasteiger partial charge in [-0.05, 0) is 139 Å². The number of imide groups is 4. The van der Waals surface area contributed by atoms with Crippen molar-refractivity contribution in [2.45, 2.75) is 117 Å². The first-order valence-electron chi connectivity index (χ1n) is 22.8. The maximum Gasteiger partial charge on any atom is 0.425 e. The van der Waals surface area contributed by atoms with Crippen LogP contribution >= 0.6 is 0 Å². The number of aliphatic carboxylic acids is 1. The molecule has 15 heteroatoms. The molecule has 4 aromatic rings. The van der Waals surface area contributed by atoms with Crippen molar-refractivity contribution in [3.8, 4) is 11.1 Å². The van der Waals surface area contributed by atoms with E-state index in [1.807, 2.05) is 80.6 Å². The Morgan fingerprint density at radius 2 is 1.12 bits per heavy atom. The Hall–Kier alpha value is -6.90. The minimum absolute atomic E-state index is 0. The number of fused-ring (bicyclic) bond motifs is 3. The van der Waals surface area contributed by atoms with E-state index in [1.165, 1.54) is 0 Å². The van der Waals surface area contributed by atoms with E-state index in [9.17, 15) is 33.9 Å². The van der Waals surface area contributed by atoms with Crippen LogP contribution in [0.15, 0.2) is 97.1 Å². The van der Waals surface area contributed by atoms with Crippen LogP contribution in [0.3, 0.4) is 0 Å². The van der Waals surface area contributed by atoms with Gasteiger partial charge in [0.2, 0.25) is 0 Å². The fraction of sp³-hybridized carbons (Fsp3) is 0.434. The van der Waals surface area contributed by atoms with E-state index in [0.29, 0.717) is 43.9 Å². The van der Waals surface area contributed by atoms with Crippen molar-refractivity contribution < 1.29 is 48.1 Å². The highest BCUT2D eigenvalue weighted by molar-refractivity contribution is 6.21. The fourth-order valence-electron chi connectivity index (χ4n) is 9.29. The van der Waals surface area contributed by atoms with E-state index in [1.54, 1.807) is 41.5 Å². The van der Waals surface area contributed by atoms with Crippen LogP contribution in [0.2, 0.25) is 0 Å². The van der Waals surface area contributed by atoms with Gasteiger partial charge in [0.15, 0.2) is 0 Å². The third-order valence-electron chi connectivity index (χ3n) is 12.6. The molecule has 3 heterocycles. The molecule has 0 atom stereocenters. The van der Waals surface area contributed by atoms with Crippen LogP contribution in [0.5, 0.6) is 0 Å². The molecular weight excluding hydrogens is 867 g/mol. The SMILES string of the molecule is C.Cc1cccc(N2CCC(NC(=O)OCC3c4ccccc4-c4ccccc43)(C(=O)O)CC2)c1.Cc1cccc(N2CCC3(CC2)C(=O)N(C(=O)OC(C)(C)C)C(=O)N3C(=O)OC(C)(C)C)c1. The molecule has 2 N–H and O–H groups in total. The molecule has 4 aliphatic rings. The Morgan fingerprint density at radius 3 is 1.57 bits per heavy atom. The lowest BCUT2D eigenvalue weighted by atomic mass is 9.85. The second-order valence-corrected chi connectivity index (χ2v) is 19.7. The largest absolute Gasteiger partial charge is 0.480 e. The number of amides is 6. The van der Waals surface area contributed by atoms with Crippen LogP contribution in [-0.4, -0.2) is 106 Å². The molecule has 3 aliphatic heterocycles. The average molecular weight is 932 g/mol. The van der Waals surface area contributed by atoms with Crippen LogP contribution in [0.1, 0.15) is 103 Å². The Kier molecular flexibility index (Phi) is 14.7. The summed E-state index contributed by atoms with van der Waals surface area (Å²) in [5, 5.41) is 12.7. The second kappa shape index (κ2) is 19.7. The maximum atomic E-state index is 13.5. The van der Waals surface area contributed by atoms with Crippen molar-refractivity contribution in [3.05, 3.63) is 119 Å². The van der Waals surface area contributed by atoms with E-state index in [-0.39, 0.29) is 32.8 Å². The van der Waals surface area contributed by atoms with Gasteiger partial charge in [-0.2, -0.15) is 4.90 Å². The van der Waals surface area contributed by atoms with Crippen LogP contribution in [0.4, 0.5) is 30.6 Å². The first kappa shape index (κ1) is 50.5. The van der Waals surface area contributed by atoms with Gasteiger partial charge < -0.3 is 34.4 Å². The summed E-state index contributed by atoms with van der Waals surface area (Å²) in [6.07, 6.45) is -1.78. The number of benzene rings is 4. The molecule has 8 rings (SSSR count). The molecule has 1 spiro atoms. The first-order chi connectivity index (χ1) is 31.6. The highest BCUT2D eigenvalue weighted by Gasteiger charge is 2.64. The van der Waals surface area contributed by atoms with Gasteiger partial charge >= 0.3 is 30.3 Å². The lowest BCUT2D eigenvalue weighted by Gasteiger charge is -2.42. The molecule has 3 fully saturated rings. The topological polar surface area (TPSA) is 175 Å². The zero-order valence-corrected chi connectivity index (χ0v) is 39.6. The molecule has 0 unspecified atom stereocenters. The number of carbonyl (C=O) groups is 6. The van der Waals surface area contributed by atoms with Crippen LogP contribution in [-0.2, 0) is 23.8 Å². The number of urea groups is 1. The van der Waals surface area contributed by atoms with Gasteiger partial charge in [0.1, 0.15) is 28.9 Å². The van der Waals surface area contributed by atoms with Gasteiger partial charge in [-0.3, -0.25) is 4.79 Å². The van der Waals surface area contributed by atoms with Gasteiger partial charge in [-0.1, -0.05) is 80.2 Å². The quantitative estimate of drug-likeness (QED) is 0.139. The molecule has 0 bridgehead atoms. The number of carbonyl (C=O) groups excluding carboxylic acids is 5. The van der Waals surface area contributed by atoms with Gasteiger partial charge in [-0.25, -0.2) is 28.9 Å². The molecule has 15 nitrogen and oxygen atoms in total. The van der Waals surface area contributed by atoms with E-state index in [4.69, 9.17) is 14.2 Å². The summed E-state index contributed by atoms with van der Waals surface area (Å²) in [6, 6.07) is 31.3. The smallest absolute Gasteiger partial charge is 0.425 e. The Labute approximate surface area is 399 Å². The van der Waals surface area contributed by atoms with Gasteiger partial charge in [0.05, 0.1) is 0 Å². The second-order valence-electron chi connectivity index (χ2n) is 19.7. The maximum absolute atomic E-state index is 13.5. The molecule has 362 valence electrons. The lowest BCUT2D eigenvalue weighted by molar-refractivity contribution is -0.145. The minimum atomic E-state index is -1.50. The molecule has 0 saturated carbocycles. The minimum Gasteiger partial charge on any atom is -0.480 e. The van der Waals surface area contributed by atoms with E-state index >= 15 is 0 Å². The van der Waals surface area contributed by atoms with E-state index in [0.717, 1.165) is 49.7 Å². The number of carboxylic acids is 1. The predicted molar refractivity (Wildman–Crippen MR) is 260 cm³/mol. The Morgan fingerprint density at radius 1 is 0.662 bits per heavy atom. The summed E-state index contributed by atoms with van der Waals surface area (Å²) in [6.45, 7) is 16.0. The predicted octanol–water partition coefficient (Wildman–Crippen LogP) is 10.1. The van der Waals surface area contributed by atoms with Crippen molar-refractivity contribution >= 4 is 47.6 Å². The molecule has 0 aromatic heterocycles. The third kappa shape index (κ3) is 10.6. The normalized spacial score (nSPS) is 17.3. The van der Waals surface area contributed by atoms with Crippen molar-refractivity contribution in [3.63, 3.8) is 0 Å². The summed E-state index contributed by atoms with van der Waals surface area (Å²) in [4.78, 5) is 83.1. The van der Waals surface area contributed by atoms with Crippen LogP contribution < -0.4 is 15.1 Å². The van der Waals surface area contributed by atoms with Gasteiger partial charge in [0, 0.05) is 43.5 Å². The first-order valence-corrected chi connectivity index (χ1v) is 22.8. The summed E-state index contributed by atoms with van der Waals surface area (Å²) in [5.41, 5.74) is 4.23. The number of ether oxygens (including phenoxy) is 3. The average Bonchev–Trinajstić information content (AvgIpc) is 3.69. The zero-order chi connectivity index (χ0) is 48.5. The number of piperidine rings is 2. The van der Waals surface area contributed by atoms with Gasteiger partial charge in [0.25, 0.3) is 5.91 Å². The van der Waals surface area contributed by atoms with Gasteiger partial charge in [-0.15, -0.1) is 0 Å². The molecule has 4 aromatic carbocycles. The van der Waals surface area contributed by atoms with Crippen LogP contribution in [0.25, 0.3) is 11.1 Å². The number of aryl methyl sites for hydroxylation is 2. The molecule has 1 aliphatic carbocycles. The summed E-state index contributed by atoms with van der Waals surface area (Å²) < 4.78 is 16.3. The molecule has 6 amide bonds. The zero-order valence-electron chi connectivity index (χ0n) is 39.6. The van der Waals surface area contributed by atoms with Crippen molar-refractivity contribution in [1.29, 1.82) is 0 Å². The molecular formula is C53H65N5O10. The Balaban J connectivity index is 0.000000221. The highest BCUT2D eigenvalue weighted by atomic mass is 16.6. The number of nitrogens with zero attached hydrogens (tertiary/aromatic N) is 4. The lowest BCUT2D eigenvalue weighted by Crippen LogP contribution is -2.60. The van der Waals surface area contributed by atoms with Crippen molar-refractivity contribution in [2.24, 2.45) is 0 Å². The number of hydrogen-bond acceptors (Lipinski definition) is 11. The number of anilines is 2.